The minimum Gasteiger partial charge on any atom is -0.508 e. The predicted molar refractivity (Wildman–Crippen MR) is 49.8 cm³/mol. The second-order valence-electron chi connectivity index (χ2n) is 2.48. The maximum absolute atomic E-state index is 10.9. The summed E-state index contributed by atoms with van der Waals surface area (Å²) in [4.78, 5) is 10.9. The molecule has 0 saturated heterocycles. The topological polar surface area (TPSA) is 37.3 Å². The maximum Gasteiger partial charge on any atom is 0.232 e. The first-order valence-corrected chi connectivity index (χ1v) is 4.30. The Morgan fingerprint density at radius 2 is 1.92 bits per heavy atom. The van der Waals surface area contributed by atoms with Gasteiger partial charge in [-0.2, -0.15) is 0 Å². The highest BCUT2D eigenvalue weighted by Gasteiger charge is 1.95. The fourth-order valence-electron chi connectivity index (χ4n) is 1.05. The van der Waals surface area contributed by atoms with Crippen molar-refractivity contribution < 1.29 is 5.11 Å². The summed E-state index contributed by atoms with van der Waals surface area (Å²) in [6, 6.07) is 8.29. The number of phenols is 1. The zero-order chi connectivity index (χ0) is 8.55. The fourth-order valence-corrected chi connectivity index (χ4v) is 1.84. The fraction of sp³-hybridized carbons (Fsp3) is 0. The van der Waals surface area contributed by atoms with Crippen LogP contribution < -0.4 is 4.74 Å². The van der Waals surface area contributed by atoms with Crippen molar-refractivity contribution >= 4 is 21.4 Å². The van der Waals surface area contributed by atoms with Gasteiger partial charge in [0.1, 0.15) is 5.75 Å². The molecule has 0 atom stereocenters. The summed E-state index contributed by atoms with van der Waals surface area (Å²) in [6.07, 6.45) is 0. The Balaban J connectivity index is 2.89. The first-order valence-electron chi connectivity index (χ1n) is 3.48. The molecule has 0 aliphatic heterocycles. The maximum atomic E-state index is 10.9. The van der Waals surface area contributed by atoms with Crippen molar-refractivity contribution in [1.82, 2.24) is 0 Å². The van der Waals surface area contributed by atoms with E-state index in [1.165, 1.54) is 6.07 Å². The van der Waals surface area contributed by atoms with Gasteiger partial charge in [-0.25, -0.2) is 0 Å². The summed E-state index contributed by atoms with van der Waals surface area (Å²) in [7, 11) is 0. The Labute approximate surface area is 72.7 Å². The molecule has 0 fully saturated rings. The first kappa shape index (κ1) is 7.31. The van der Waals surface area contributed by atoms with Crippen molar-refractivity contribution in [3.05, 3.63) is 39.9 Å². The minimum atomic E-state index is 0.00750. The van der Waals surface area contributed by atoms with E-state index in [0.29, 0.717) is 0 Å². The number of aromatic hydroxyl groups is 1. The van der Waals surface area contributed by atoms with Crippen LogP contribution in [0.2, 0.25) is 0 Å². The highest BCUT2D eigenvalue weighted by molar-refractivity contribution is 7.16. The van der Waals surface area contributed by atoms with E-state index in [0.717, 1.165) is 21.4 Å². The van der Waals surface area contributed by atoms with Gasteiger partial charge in [-0.05, 0) is 35.7 Å². The zero-order valence-electron chi connectivity index (χ0n) is 6.15. The molecule has 0 amide bonds. The number of phenolic OH excluding ortho intramolecular Hbond substituents is 1. The molecule has 1 N–H and O–H groups in total. The lowest BCUT2D eigenvalue weighted by atomic mass is 10.2. The Kier molecular flexibility index (Phi) is 1.59. The molecule has 0 saturated carbocycles. The number of benzene rings is 1. The van der Waals surface area contributed by atoms with Crippen LogP contribution in [0, 0.1) is 0 Å². The van der Waals surface area contributed by atoms with Crippen LogP contribution in [0.1, 0.15) is 0 Å². The molecule has 0 bridgehead atoms. The highest BCUT2D eigenvalue weighted by atomic mass is 32.1. The van der Waals surface area contributed by atoms with Crippen molar-refractivity contribution in [2.24, 2.45) is 0 Å². The van der Waals surface area contributed by atoms with Crippen LogP contribution in [0.25, 0.3) is 10.1 Å². The van der Waals surface area contributed by atoms with Crippen LogP contribution in [-0.2, 0) is 0 Å². The van der Waals surface area contributed by atoms with Gasteiger partial charge in [0.25, 0.3) is 0 Å². The molecule has 2 rings (SSSR count). The van der Waals surface area contributed by atoms with Crippen LogP contribution in [0.3, 0.4) is 0 Å². The molecule has 12 heavy (non-hydrogen) atoms. The summed E-state index contributed by atoms with van der Waals surface area (Å²) in [5.74, 6) is 0.198. The molecule has 60 valence electrons. The Hall–Kier alpha value is -1.35. The van der Waals surface area contributed by atoms with Gasteiger partial charge >= 0.3 is 0 Å². The molecular weight excluding hydrogens is 172 g/mol. The number of hydrogen-bond acceptors (Lipinski definition) is 3. The lowest BCUT2D eigenvalue weighted by Crippen LogP contribution is -1.88. The smallest absolute Gasteiger partial charge is 0.232 e. The molecule has 1 heterocycles. The van der Waals surface area contributed by atoms with Gasteiger partial charge in [-0.15, -0.1) is 0 Å². The largest absolute Gasteiger partial charge is 0.508 e. The third-order valence-corrected chi connectivity index (χ3v) is 2.52. The van der Waals surface area contributed by atoms with Crippen molar-refractivity contribution in [3.63, 3.8) is 0 Å². The van der Waals surface area contributed by atoms with E-state index in [2.05, 4.69) is 0 Å². The lowest BCUT2D eigenvalue weighted by Gasteiger charge is -1.94. The molecule has 0 unspecified atom stereocenters. The average Bonchev–Trinajstić information content (AvgIpc) is 2.03. The van der Waals surface area contributed by atoms with Gasteiger partial charge < -0.3 is 5.11 Å². The van der Waals surface area contributed by atoms with E-state index >= 15 is 0 Å². The summed E-state index contributed by atoms with van der Waals surface area (Å²) in [6.45, 7) is 0. The van der Waals surface area contributed by atoms with E-state index in [4.69, 9.17) is 5.11 Å². The Bertz CT molecular complexity index is 473. The van der Waals surface area contributed by atoms with Gasteiger partial charge in [-0.3, -0.25) is 4.79 Å². The van der Waals surface area contributed by atoms with Gasteiger partial charge in [0.05, 0.1) is 0 Å². The van der Waals surface area contributed by atoms with Crippen LogP contribution in [0.15, 0.2) is 35.1 Å². The van der Waals surface area contributed by atoms with E-state index in [1.54, 1.807) is 24.3 Å². The molecule has 0 aliphatic carbocycles. The summed E-state index contributed by atoms with van der Waals surface area (Å²) in [5.41, 5.74) is 0. The van der Waals surface area contributed by atoms with E-state index < -0.39 is 0 Å². The van der Waals surface area contributed by atoms with Crippen molar-refractivity contribution in [2.45, 2.75) is 0 Å². The molecule has 0 aliphatic rings. The van der Waals surface area contributed by atoms with Crippen molar-refractivity contribution in [2.75, 3.05) is 0 Å². The zero-order valence-corrected chi connectivity index (χ0v) is 6.97. The van der Waals surface area contributed by atoms with Gasteiger partial charge in [0.15, 0.2) is 0 Å². The minimum absolute atomic E-state index is 0.00750. The summed E-state index contributed by atoms with van der Waals surface area (Å²) >= 11 is 1.14. The molecule has 1 aromatic carbocycles. The number of rotatable bonds is 0. The van der Waals surface area contributed by atoms with Crippen LogP contribution in [0.5, 0.6) is 5.75 Å². The molecule has 3 heteroatoms. The third-order valence-electron chi connectivity index (χ3n) is 1.61. The SMILES string of the molecule is O=c1ccc2ccc(O)cc2s1. The monoisotopic (exact) mass is 178 g/mol. The molecule has 2 aromatic rings. The van der Waals surface area contributed by atoms with Gasteiger partial charge in [0.2, 0.25) is 4.74 Å². The normalized spacial score (nSPS) is 10.3. The highest BCUT2D eigenvalue weighted by Crippen LogP contribution is 2.20. The summed E-state index contributed by atoms with van der Waals surface area (Å²) < 4.78 is 0.829. The van der Waals surface area contributed by atoms with Crippen LogP contribution in [-0.4, -0.2) is 5.11 Å². The van der Waals surface area contributed by atoms with E-state index in [9.17, 15) is 4.79 Å². The molecule has 2 nitrogen and oxygen atoms in total. The van der Waals surface area contributed by atoms with Crippen LogP contribution in [0.4, 0.5) is 0 Å². The second kappa shape index (κ2) is 2.60. The van der Waals surface area contributed by atoms with Crippen LogP contribution >= 0.6 is 11.3 Å². The molecule has 0 radical (unpaired) electrons. The Morgan fingerprint density at radius 1 is 1.17 bits per heavy atom. The van der Waals surface area contributed by atoms with Gasteiger partial charge in [-0.1, -0.05) is 11.3 Å². The predicted octanol–water partition coefficient (Wildman–Crippen LogP) is 1.97. The van der Waals surface area contributed by atoms with Crippen molar-refractivity contribution in [1.29, 1.82) is 0 Å². The van der Waals surface area contributed by atoms with Gasteiger partial charge in [0, 0.05) is 4.70 Å². The lowest BCUT2D eigenvalue weighted by molar-refractivity contribution is 0.476. The molecule has 0 spiro atoms. The molecule has 1 aromatic heterocycles. The molecular formula is C9H6O2S. The standard InChI is InChI=1S/C9H6O2S/c10-7-3-1-6-2-4-9(11)12-8(6)5-7/h1-5,10H. The Morgan fingerprint density at radius 3 is 2.75 bits per heavy atom. The number of hydrogen-bond donors (Lipinski definition) is 1. The average molecular weight is 178 g/mol. The first-order chi connectivity index (χ1) is 5.75. The van der Waals surface area contributed by atoms with E-state index in [1.807, 2.05) is 0 Å². The quantitative estimate of drug-likeness (QED) is 0.669. The summed E-state index contributed by atoms with van der Waals surface area (Å²) in [5, 5.41) is 10.1. The second-order valence-corrected chi connectivity index (χ2v) is 3.52. The number of fused-ring (bicyclic) bond motifs is 1. The van der Waals surface area contributed by atoms with Crippen molar-refractivity contribution in [3.8, 4) is 5.75 Å². The third kappa shape index (κ3) is 1.19. The van der Waals surface area contributed by atoms with E-state index in [-0.39, 0.29) is 10.5 Å².